The maximum Gasteiger partial charge on any atom is 0.249 e. The summed E-state index contributed by atoms with van der Waals surface area (Å²) in [4.78, 5) is 36.5. The first-order valence-electron chi connectivity index (χ1n) is 10.9. The number of primary amides is 1. The summed E-state index contributed by atoms with van der Waals surface area (Å²) >= 11 is 0. The highest BCUT2D eigenvalue weighted by molar-refractivity contribution is 6.12. The molecule has 1 saturated heterocycles. The van der Waals surface area contributed by atoms with Gasteiger partial charge in [0.05, 0.1) is 5.69 Å². The van der Waals surface area contributed by atoms with E-state index in [1.54, 1.807) is 43.1 Å². The fourth-order valence-electron chi connectivity index (χ4n) is 3.66. The third kappa shape index (κ3) is 6.61. The largest absolute Gasteiger partial charge is 0.385 e. The molecule has 1 fully saturated rings. The predicted molar refractivity (Wildman–Crippen MR) is 135 cm³/mol. The van der Waals surface area contributed by atoms with Gasteiger partial charge in [0.25, 0.3) is 0 Å². The van der Waals surface area contributed by atoms with E-state index in [-0.39, 0.29) is 5.91 Å². The summed E-state index contributed by atoms with van der Waals surface area (Å²) < 4.78 is 0. The van der Waals surface area contributed by atoms with Gasteiger partial charge in [0.2, 0.25) is 11.8 Å². The Morgan fingerprint density at radius 3 is 2.42 bits per heavy atom. The Hall–Kier alpha value is -3.75. The zero-order valence-electron chi connectivity index (χ0n) is 19.6. The molecule has 2 rings (SSSR count). The lowest BCUT2D eigenvalue weighted by Gasteiger charge is -2.35. The van der Waals surface area contributed by atoms with Crippen molar-refractivity contribution in [3.63, 3.8) is 0 Å². The van der Waals surface area contributed by atoms with Gasteiger partial charge in [-0.25, -0.2) is 9.98 Å². The first kappa shape index (κ1) is 25.5. The summed E-state index contributed by atoms with van der Waals surface area (Å²) in [7, 11) is 1.81. The number of pyridine rings is 1. The number of carbonyl (C=O) groups excluding carboxylic acids is 2. The molecule has 4 N–H and O–H groups in total. The van der Waals surface area contributed by atoms with E-state index in [0.29, 0.717) is 61.7 Å². The second-order valence-electron chi connectivity index (χ2n) is 7.45. The van der Waals surface area contributed by atoms with E-state index in [1.165, 1.54) is 0 Å². The highest BCUT2D eigenvalue weighted by Crippen LogP contribution is 2.26. The van der Waals surface area contributed by atoms with E-state index < -0.39 is 5.91 Å². The van der Waals surface area contributed by atoms with Gasteiger partial charge in [0.15, 0.2) is 5.82 Å². The summed E-state index contributed by atoms with van der Waals surface area (Å²) in [6, 6.07) is 3.86. The minimum Gasteiger partial charge on any atom is -0.385 e. The number of rotatable bonds is 10. The van der Waals surface area contributed by atoms with Crippen LogP contribution in [-0.2, 0) is 9.59 Å². The van der Waals surface area contributed by atoms with Crippen LogP contribution in [0.2, 0.25) is 0 Å². The van der Waals surface area contributed by atoms with Gasteiger partial charge in [-0.2, -0.15) is 0 Å². The van der Waals surface area contributed by atoms with Crippen LogP contribution in [0.3, 0.4) is 0 Å². The van der Waals surface area contributed by atoms with Crippen molar-refractivity contribution in [3.8, 4) is 0 Å². The molecule has 1 aliphatic rings. The third-order valence-corrected chi connectivity index (χ3v) is 5.47. The Balaban J connectivity index is 1.86. The third-order valence-electron chi connectivity index (χ3n) is 5.47. The maximum atomic E-state index is 12.5. The van der Waals surface area contributed by atoms with Crippen LogP contribution < -0.4 is 16.0 Å². The molecule has 33 heavy (non-hydrogen) atoms. The highest BCUT2D eigenvalue weighted by atomic mass is 16.2. The molecule has 1 aromatic heterocycles. The molecular weight excluding hydrogens is 418 g/mol. The van der Waals surface area contributed by atoms with Crippen molar-refractivity contribution in [2.24, 2.45) is 10.7 Å². The fraction of sp³-hybridized carbons (Fsp3) is 0.375. The maximum absolute atomic E-state index is 12.5. The van der Waals surface area contributed by atoms with Crippen LogP contribution in [0.4, 0.5) is 17.3 Å². The Bertz CT molecular complexity index is 987. The number of aliphatic imine (C=N–C) groups is 1. The van der Waals surface area contributed by atoms with Gasteiger partial charge in [0.1, 0.15) is 5.82 Å². The molecule has 0 aliphatic carbocycles. The van der Waals surface area contributed by atoms with E-state index >= 15 is 0 Å². The number of nitrogens with one attached hydrogen (secondary N) is 2. The van der Waals surface area contributed by atoms with E-state index in [4.69, 9.17) is 11.1 Å². The SMILES string of the molecule is C=Nc1nc(N2CCN(C(=O)/C=C/CCC(=N)C(=C/C)/C(=C\C)C(N)=O)CC2)ccc1NC. The number of nitrogens with zero attached hydrogens (tertiary/aromatic N) is 4. The highest BCUT2D eigenvalue weighted by Gasteiger charge is 2.21. The monoisotopic (exact) mass is 451 g/mol. The number of anilines is 2. The Labute approximate surface area is 195 Å². The molecule has 176 valence electrons. The lowest BCUT2D eigenvalue weighted by molar-refractivity contribution is -0.126. The minimum atomic E-state index is -0.551. The van der Waals surface area contributed by atoms with Gasteiger partial charge in [-0.1, -0.05) is 18.2 Å². The van der Waals surface area contributed by atoms with Gasteiger partial charge in [0, 0.05) is 50.1 Å². The summed E-state index contributed by atoms with van der Waals surface area (Å²) in [5.41, 5.74) is 7.40. The van der Waals surface area contributed by atoms with Crippen molar-refractivity contribution in [1.29, 1.82) is 5.41 Å². The van der Waals surface area contributed by atoms with Crippen LogP contribution >= 0.6 is 0 Å². The van der Waals surface area contributed by atoms with E-state index in [0.717, 1.165) is 11.5 Å². The summed E-state index contributed by atoms with van der Waals surface area (Å²) in [5.74, 6) is 0.769. The molecule has 1 aromatic rings. The molecule has 9 heteroatoms. The van der Waals surface area contributed by atoms with Crippen LogP contribution in [0.25, 0.3) is 0 Å². The average Bonchev–Trinajstić information content (AvgIpc) is 2.84. The lowest BCUT2D eigenvalue weighted by Crippen LogP contribution is -2.48. The molecule has 9 nitrogen and oxygen atoms in total. The number of hydrogen-bond donors (Lipinski definition) is 3. The topological polar surface area (TPSA) is 128 Å². The summed E-state index contributed by atoms with van der Waals surface area (Å²) in [6.45, 7) is 9.61. The van der Waals surface area contributed by atoms with Crippen LogP contribution in [0.15, 0.2) is 52.6 Å². The number of amides is 2. The number of hydrogen-bond acceptors (Lipinski definition) is 7. The Kier molecular flexibility index (Phi) is 9.53. The molecule has 1 aliphatic heterocycles. The minimum absolute atomic E-state index is 0.0503. The van der Waals surface area contributed by atoms with Crippen LogP contribution in [0.1, 0.15) is 26.7 Å². The van der Waals surface area contributed by atoms with E-state index in [2.05, 4.69) is 26.9 Å². The van der Waals surface area contributed by atoms with Gasteiger partial charge < -0.3 is 26.3 Å². The van der Waals surface area contributed by atoms with Gasteiger partial charge >= 0.3 is 0 Å². The number of piperazine rings is 1. The zero-order valence-corrected chi connectivity index (χ0v) is 19.6. The molecule has 0 radical (unpaired) electrons. The van der Waals surface area contributed by atoms with Crippen molar-refractivity contribution < 1.29 is 9.59 Å². The first-order chi connectivity index (χ1) is 15.9. The molecule has 0 atom stereocenters. The summed E-state index contributed by atoms with van der Waals surface area (Å²) in [6.07, 6.45) is 7.60. The van der Waals surface area contributed by atoms with Crippen molar-refractivity contribution in [2.75, 3.05) is 43.4 Å². The zero-order chi connectivity index (χ0) is 24.4. The van der Waals surface area contributed by atoms with Gasteiger partial charge in [-0.05, 0) is 51.6 Å². The smallest absolute Gasteiger partial charge is 0.249 e. The van der Waals surface area contributed by atoms with Crippen LogP contribution in [-0.4, -0.2) is 67.4 Å². The number of aromatic nitrogens is 1. The number of carbonyl (C=O) groups is 2. The van der Waals surface area contributed by atoms with Crippen molar-refractivity contribution in [2.45, 2.75) is 26.7 Å². The number of allylic oxidation sites excluding steroid dienone is 3. The molecule has 0 aromatic carbocycles. The molecule has 0 saturated carbocycles. The molecule has 0 spiro atoms. The molecule has 2 heterocycles. The molecule has 0 unspecified atom stereocenters. The number of nitrogens with two attached hydrogens (primary N) is 1. The second-order valence-corrected chi connectivity index (χ2v) is 7.45. The molecule has 0 bridgehead atoms. The van der Waals surface area contributed by atoms with Gasteiger partial charge in [-0.3, -0.25) is 9.59 Å². The first-order valence-corrected chi connectivity index (χ1v) is 10.9. The Morgan fingerprint density at radius 2 is 1.88 bits per heavy atom. The van der Waals surface area contributed by atoms with Crippen molar-refractivity contribution >= 4 is 41.6 Å². The summed E-state index contributed by atoms with van der Waals surface area (Å²) in [5, 5.41) is 11.3. The van der Waals surface area contributed by atoms with E-state index in [9.17, 15) is 9.59 Å². The lowest BCUT2D eigenvalue weighted by atomic mass is 9.97. The molecule has 2 amide bonds. The predicted octanol–water partition coefficient (Wildman–Crippen LogP) is 2.84. The Morgan fingerprint density at radius 1 is 1.21 bits per heavy atom. The average molecular weight is 452 g/mol. The quantitative estimate of drug-likeness (QED) is 0.286. The molecular formula is C24H33N7O2. The normalized spacial score (nSPS) is 15.0. The van der Waals surface area contributed by atoms with E-state index in [1.807, 2.05) is 19.2 Å². The van der Waals surface area contributed by atoms with Crippen molar-refractivity contribution in [1.82, 2.24) is 9.88 Å². The van der Waals surface area contributed by atoms with Crippen molar-refractivity contribution in [3.05, 3.63) is 47.6 Å². The van der Waals surface area contributed by atoms with Gasteiger partial charge in [-0.15, -0.1) is 0 Å². The van der Waals surface area contributed by atoms with Crippen LogP contribution in [0.5, 0.6) is 0 Å². The second kappa shape index (κ2) is 12.3. The van der Waals surface area contributed by atoms with Crippen LogP contribution in [0, 0.1) is 5.41 Å². The standard InChI is InChI=1S/C24H33N7O2/c1-5-17(18(6-2)23(26)33)19(25)9-7-8-10-22(32)31-15-13-30(14-16-31)21-12-11-20(27-3)24(28-4)29-21/h5-6,8,10-12,25,27H,4,7,9,13-16H2,1-3H3,(H2,26,33)/b10-8+,17-5+,18-6+,25-19?. The fourth-order valence-corrected chi connectivity index (χ4v) is 3.66.